The van der Waals surface area contributed by atoms with E-state index in [0.29, 0.717) is 23.1 Å². The lowest BCUT2D eigenvalue weighted by Gasteiger charge is -2.40. The Balaban J connectivity index is 1.46. The summed E-state index contributed by atoms with van der Waals surface area (Å²) in [6.45, 7) is 4.71. The van der Waals surface area contributed by atoms with Gasteiger partial charge < -0.3 is 10.1 Å². The Morgan fingerprint density at radius 3 is 2.54 bits per heavy atom. The van der Waals surface area contributed by atoms with Gasteiger partial charge in [0, 0.05) is 28.8 Å². The fraction of sp³-hybridized carbons (Fsp3) is 0.219. The van der Waals surface area contributed by atoms with E-state index in [2.05, 4.69) is 55.6 Å². The highest BCUT2D eigenvalue weighted by atomic mass is 35.5. The number of carbonyl (C=O) groups excluding carboxylic acids is 1. The number of Topliss-reactive ketones (excluding diaryl/α,β-unsaturated/α-hetero) is 1. The smallest absolute Gasteiger partial charge is 0.162 e. The van der Waals surface area contributed by atoms with Gasteiger partial charge in [-0.05, 0) is 58.0 Å². The fourth-order valence-corrected chi connectivity index (χ4v) is 6.03. The average molecular weight is 528 g/mol. The summed E-state index contributed by atoms with van der Waals surface area (Å²) < 4.78 is 6.31. The van der Waals surface area contributed by atoms with Crippen molar-refractivity contribution in [2.45, 2.75) is 39.3 Å². The lowest BCUT2D eigenvalue weighted by atomic mass is 9.68. The van der Waals surface area contributed by atoms with Gasteiger partial charge in [0.2, 0.25) is 0 Å². The van der Waals surface area contributed by atoms with Crippen LogP contribution in [0.2, 0.25) is 10.0 Å². The van der Waals surface area contributed by atoms with Crippen molar-refractivity contribution in [3.63, 3.8) is 0 Å². The maximum Gasteiger partial charge on any atom is 0.162 e. The van der Waals surface area contributed by atoms with Crippen LogP contribution in [0, 0.1) is 5.41 Å². The van der Waals surface area contributed by atoms with E-state index in [9.17, 15) is 4.79 Å². The Morgan fingerprint density at radius 2 is 1.70 bits per heavy atom. The molecule has 2 aliphatic rings. The second kappa shape index (κ2) is 9.24. The zero-order valence-electron chi connectivity index (χ0n) is 20.8. The molecular weight excluding hydrogens is 501 g/mol. The summed E-state index contributed by atoms with van der Waals surface area (Å²) in [4.78, 5) is 13.8. The van der Waals surface area contributed by atoms with Gasteiger partial charge in [0.25, 0.3) is 0 Å². The Hall–Kier alpha value is -3.27. The summed E-state index contributed by atoms with van der Waals surface area (Å²) in [5, 5.41) is 7.08. The highest BCUT2D eigenvalue weighted by Gasteiger charge is 2.41. The normalized spacial score (nSPS) is 18.3. The Morgan fingerprint density at radius 1 is 0.919 bits per heavy atom. The first-order chi connectivity index (χ1) is 17.8. The third kappa shape index (κ3) is 4.41. The topological polar surface area (TPSA) is 38.3 Å². The largest absolute Gasteiger partial charge is 0.489 e. The summed E-state index contributed by atoms with van der Waals surface area (Å²) in [5.41, 5.74) is 5.97. The second-order valence-corrected chi connectivity index (χ2v) is 11.5. The number of hydrogen-bond donors (Lipinski definition) is 1. The van der Waals surface area contributed by atoms with E-state index in [1.807, 2.05) is 36.4 Å². The fourth-order valence-electron chi connectivity index (χ4n) is 5.71. The van der Waals surface area contributed by atoms with Gasteiger partial charge >= 0.3 is 0 Å². The molecule has 1 N–H and O–H groups in total. The molecule has 6 rings (SSSR count). The molecule has 0 bridgehead atoms. The zero-order chi connectivity index (χ0) is 25.7. The summed E-state index contributed by atoms with van der Waals surface area (Å²) in [5.74, 6) is 0.932. The van der Waals surface area contributed by atoms with E-state index in [-0.39, 0.29) is 17.2 Å². The minimum Gasteiger partial charge on any atom is -0.489 e. The number of anilines is 1. The first kappa shape index (κ1) is 24.1. The lowest BCUT2D eigenvalue weighted by molar-refractivity contribution is -0.118. The van der Waals surface area contributed by atoms with Gasteiger partial charge in [-0.25, -0.2) is 0 Å². The van der Waals surface area contributed by atoms with Crippen LogP contribution in [-0.4, -0.2) is 5.78 Å². The number of carbonyl (C=O) groups is 1. The Kier molecular flexibility index (Phi) is 6.01. The Labute approximate surface area is 227 Å². The highest BCUT2D eigenvalue weighted by Crippen LogP contribution is 2.52. The minimum atomic E-state index is -0.294. The first-order valence-corrected chi connectivity index (χ1v) is 13.3. The number of benzene rings is 4. The minimum absolute atomic E-state index is 0.101. The van der Waals surface area contributed by atoms with Crippen LogP contribution in [0.25, 0.3) is 16.3 Å². The van der Waals surface area contributed by atoms with Gasteiger partial charge in [0.15, 0.2) is 5.78 Å². The first-order valence-electron chi connectivity index (χ1n) is 12.5. The van der Waals surface area contributed by atoms with E-state index in [0.717, 1.165) is 45.7 Å². The van der Waals surface area contributed by atoms with Crippen molar-refractivity contribution in [1.29, 1.82) is 0 Å². The summed E-state index contributed by atoms with van der Waals surface area (Å²) in [6, 6.07) is 25.9. The van der Waals surface area contributed by atoms with Crippen molar-refractivity contribution in [1.82, 2.24) is 0 Å². The SMILES string of the molecule is CC1(C)CC(=O)C2=C(C1)c1c(ccc3ccccc13)N[C@H]2c1ccccc1OCc1ccc(Cl)c(Cl)c1. The van der Waals surface area contributed by atoms with Crippen LogP contribution in [0.4, 0.5) is 5.69 Å². The lowest BCUT2D eigenvalue weighted by Crippen LogP contribution is -2.33. The molecule has 186 valence electrons. The van der Waals surface area contributed by atoms with Crippen LogP contribution < -0.4 is 10.1 Å². The molecule has 0 saturated carbocycles. The van der Waals surface area contributed by atoms with E-state index < -0.39 is 0 Å². The number of allylic oxidation sites excluding steroid dienone is 1. The quantitative estimate of drug-likeness (QED) is 0.287. The highest BCUT2D eigenvalue weighted by molar-refractivity contribution is 6.42. The van der Waals surface area contributed by atoms with Crippen LogP contribution in [0.5, 0.6) is 5.75 Å². The predicted molar refractivity (Wildman–Crippen MR) is 152 cm³/mol. The molecular formula is C32H27Cl2NO2. The van der Waals surface area contributed by atoms with Crippen molar-refractivity contribution in [2.24, 2.45) is 5.41 Å². The maximum atomic E-state index is 13.8. The molecule has 4 aromatic rings. The second-order valence-electron chi connectivity index (χ2n) is 10.7. The van der Waals surface area contributed by atoms with Crippen molar-refractivity contribution in [3.8, 4) is 5.75 Å². The molecule has 0 saturated heterocycles. The van der Waals surface area contributed by atoms with Crippen molar-refractivity contribution in [3.05, 3.63) is 111 Å². The molecule has 0 unspecified atom stereocenters. The van der Waals surface area contributed by atoms with E-state index >= 15 is 0 Å². The van der Waals surface area contributed by atoms with Crippen LogP contribution in [0.3, 0.4) is 0 Å². The van der Waals surface area contributed by atoms with Crippen LogP contribution in [-0.2, 0) is 11.4 Å². The standard InChI is InChI=1S/C32H27Cl2NO2/c1-32(2)16-23-29-21-8-4-3-7-20(21)12-14-26(29)35-31(30(23)27(36)17-32)22-9-5-6-10-28(22)37-18-19-11-13-24(33)25(34)15-19/h3-15,31,35H,16-18H2,1-2H3/t31-/m0/s1. The molecule has 0 aromatic heterocycles. The monoisotopic (exact) mass is 527 g/mol. The predicted octanol–water partition coefficient (Wildman–Crippen LogP) is 9.04. The maximum absolute atomic E-state index is 13.8. The third-order valence-corrected chi connectivity index (χ3v) is 8.09. The van der Waals surface area contributed by atoms with Gasteiger partial charge in [-0.2, -0.15) is 0 Å². The molecule has 37 heavy (non-hydrogen) atoms. The molecule has 1 heterocycles. The van der Waals surface area contributed by atoms with E-state index in [4.69, 9.17) is 27.9 Å². The molecule has 1 aliphatic carbocycles. The summed E-state index contributed by atoms with van der Waals surface area (Å²) in [6.07, 6.45) is 1.37. The summed E-state index contributed by atoms with van der Waals surface area (Å²) >= 11 is 12.3. The number of hydrogen-bond acceptors (Lipinski definition) is 3. The number of nitrogens with one attached hydrogen (secondary N) is 1. The third-order valence-electron chi connectivity index (χ3n) is 7.35. The van der Waals surface area contributed by atoms with Gasteiger partial charge in [0.1, 0.15) is 12.4 Å². The molecule has 3 nitrogen and oxygen atoms in total. The molecule has 4 aromatic carbocycles. The van der Waals surface area contributed by atoms with Gasteiger partial charge in [-0.3, -0.25) is 4.79 Å². The molecule has 1 atom stereocenters. The van der Waals surface area contributed by atoms with Crippen LogP contribution >= 0.6 is 23.2 Å². The van der Waals surface area contributed by atoms with Crippen molar-refractivity contribution < 1.29 is 9.53 Å². The molecule has 5 heteroatoms. The molecule has 0 radical (unpaired) electrons. The molecule has 0 fully saturated rings. The van der Waals surface area contributed by atoms with Gasteiger partial charge in [-0.1, -0.05) is 91.6 Å². The Bertz CT molecular complexity index is 1590. The number of ketones is 1. The molecule has 0 amide bonds. The number of para-hydroxylation sites is 1. The number of rotatable bonds is 4. The molecule has 0 spiro atoms. The number of fused-ring (bicyclic) bond motifs is 4. The number of halogens is 2. The summed E-state index contributed by atoms with van der Waals surface area (Å²) in [7, 11) is 0. The van der Waals surface area contributed by atoms with Crippen LogP contribution in [0.1, 0.15) is 49.4 Å². The molecule has 1 aliphatic heterocycles. The van der Waals surface area contributed by atoms with Gasteiger partial charge in [0.05, 0.1) is 16.1 Å². The van der Waals surface area contributed by atoms with E-state index in [1.54, 1.807) is 6.07 Å². The number of ether oxygens (including phenoxy) is 1. The van der Waals surface area contributed by atoms with Crippen molar-refractivity contribution in [2.75, 3.05) is 5.32 Å². The zero-order valence-corrected chi connectivity index (χ0v) is 22.3. The van der Waals surface area contributed by atoms with E-state index in [1.165, 1.54) is 10.8 Å². The van der Waals surface area contributed by atoms with Crippen LogP contribution in [0.15, 0.2) is 84.4 Å². The average Bonchev–Trinajstić information content (AvgIpc) is 2.88. The van der Waals surface area contributed by atoms with Crippen molar-refractivity contribution >= 4 is 51.0 Å². The van der Waals surface area contributed by atoms with Gasteiger partial charge in [-0.15, -0.1) is 0 Å².